The fraction of sp³-hybridized carbons (Fsp3) is 0.933. The normalized spacial score (nSPS) is 34.4. The van der Waals surface area contributed by atoms with Gasteiger partial charge in [0.2, 0.25) is 0 Å². The van der Waals surface area contributed by atoms with E-state index in [-0.39, 0.29) is 30.4 Å². The van der Waals surface area contributed by atoms with E-state index >= 15 is 0 Å². The lowest BCUT2D eigenvalue weighted by molar-refractivity contribution is -0.0702. The largest absolute Gasteiger partial charge is 0.373 e. The molecule has 0 spiro atoms. The molecule has 2 amide bonds. The summed E-state index contributed by atoms with van der Waals surface area (Å²) in [5, 5.41) is 5.84. The molecule has 2 saturated heterocycles. The topological polar surface area (TPSA) is 66.1 Å². The van der Waals surface area contributed by atoms with Crippen LogP contribution in [0.2, 0.25) is 0 Å². The zero-order chi connectivity index (χ0) is 16.1. The summed E-state index contributed by atoms with van der Waals surface area (Å²) in [6, 6.07) is -0.126. The molecule has 0 aromatic rings. The number of morpholine rings is 2. The molecule has 22 heavy (non-hydrogen) atoms. The van der Waals surface area contributed by atoms with Crippen molar-refractivity contribution < 1.29 is 14.3 Å². The fourth-order valence-electron chi connectivity index (χ4n) is 3.26. The average Bonchev–Trinajstić information content (AvgIpc) is 2.41. The van der Waals surface area contributed by atoms with E-state index in [9.17, 15) is 4.79 Å². The van der Waals surface area contributed by atoms with Crippen LogP contribution in [0.15, 0.2) is 0 Å². The van der Waals surface area contributed by atoms with Crippen LogP contribution in [0.3, 0.4) is 0 Å². The summed E-state index contributed by atoms with van der Waals surface area (Å²) in [6.45, 7) is 12.7. The third-order valence-electron chi connectivity index (χ3n) is 3.92. The number of hydrogen-bond acceptors (Lipinski definition) is 5. The Morgan fingerprint density at radius 2 is 1.14 bits per heavy atom. The van der Waals surface area contributed by atoms with Gasteiger partial charge in [-0.1, -0.05) is 0 Å². The minimum atomic E-state index is -0.126. The molecule has 0 aromatic heterocycles. The zero-order valence-electron chi connectivity index (χ0n) is 14.2. The Bertz CT molecular complexity index is 317. The number of nitrogens with one attached hydrogen (secondary N) is 2. The second kappa shape index (κ2) is 8.10. The number of nitrogens with zero attached hydrogens (tertiary/aromatic N) is 2. The first-order chi connectivity index (χ1) is 10.4. The second-order valence-corrected chi connectivity index (χ2v) is 6.59. The molecule has 128 valence electrons. The van der Waals surface area contributed by atoms with Crippen LogP contribution in [0.5, 0.6) is 0 Å². The van der Waals surface area contributed by atoms with E-state index < -0.39 is 0 Å². The summed E-state index contributed by atoms with van der Waals surface area (Å²) >= 11 is 0. The summed E-state index contributed by atoms with van der Waals surface area (Å²) in [4.78, 5) is 16.3. The molecule has 0 saturated carbocycles. The lowest BCUT2D eigenvalue weighted by Crippen LogP contribution is -2.53. The van der Waals surface area contributed by atoms with E-state index in [0.717, 1.165) is 26.2 Å². The quantitative estimate of drug-likeness (QED) is 0.787. The number of hydrogen-bond donors (Lipinski definition) is 2. The van der Waals surface area contributed by atoms with E-state index in [2.05, 4.69) is 48.1 Å². The van der Waals surface area contributed by atoms with E-state index in [4.69, 9.17) is 9.47 Å². The van der Waals surface area contributed by atoms with Crippen molar-refractivity contribution in [2.45, 2.75) is 52.1 Å². The van der Waals surface area contributed by atoms with Crippen molar-refractivity contribution in [2.24, 2.45) is 0 Å². The molecule has 0 radical (unpaired) electrons. The van der Waals surface area contributed by atoms with Gasteiger partial charge in [0.25, 0.3) is 0 Å². The van der Waals surface area contributed by atoms with Crippen molar-refractivity contribution in [2.75, 3.05) is 39.5 Å². The molecular formula is C15H30N4O3. The van der Waals surface area contributed by atoms with Gasteiger partial charge in [-0.3, -0.25) is 9.80 Å². The van der Waals surface area contributed by atoms with E-state index in [0.29, 0.717) is 13.3 Å². The second-order valence-electron chi connectivity index (χ2n) is 6.59. The SMILES string of the molecule is C[C@@H]1CN(CNC(=O)NCN2C[C@H](C)O[C@@H](C)C2)C[C@H](C)O1. The maximum absolute atomic E-state index is 11.9. The van der Waals surface area contributed by atoms with Gasteiger partial charge in [-0.25, -0.2) is 4.79 Å². The van der Waals surface area contributed by atoms with Gasteiger partial charge in [0.1, 0.15) is 0 Å². The maximum Gasteiger partial charge on any atom is 0.316 e. The Morgan fingerprint density at radius 1 is 0.818 bits per heavy atom. The third-order valence-corrected chi connectivity index (χ3v) is 3.92. The highest BCUT2D eigenvalue weighted by Gasteiger charge is 2.23. The van der Waals surface area contributed by atoms with Crippen molar-refractivity contribution in [3.63, 3.8) is 0 Å². The van der Waals surface area contributed by atoms with Gasteiger partial charge in [0.15, 0.2) is 0 Å². The first kappa shape index (κ1) is 17.5. The molecule has 2 fully saturated rings. The molecule has 2 heterocycles. The van der Waals surface area contributed by atoms with Crippen LogP contribution in [-0.4, -0.2) is 79.8 Å². The molecule has 0 unspecified atom stereocenters. The number of carbonyl (C=O) groups is 1. The van der Waals surface area contributed by atoms with Gasteiger partial charge >= 0.3 is 6.03 Å². The lowest BCUT2D eigenvalue weighted by Gasteiger charge is -2.36. The van der Waals surface area contributed by atoms with Gasteiger partial charge in [-0.2, -0.15) is 0 Å². The van der Waals surface area contributed by atoms with Gasteiger partial charge in [-0.15, -0.1) is 0 Å². The minimum Gasteiger partial charge on any atom is -0.373 e. The van der Waals surface area contributed by atoms with Crippen molar-refractivity contribution >= 4 is 6.03 Å². The molecule has 4 atom stereocenters. The summed E-state index contributed by atoms with van der Waals surface area (Å²) in [6.07, 6.45) is 0.852. The lowest BCUT2D eigenvalue weighted by atomic mass is 10.2. The highest BCUT2D eigenvalue weighted by atomic mass is 16.5. The highest BCUT2D eigenvalue weighted by Crippen LogP contribution is 2.10. The monoisotopic (exact) mass is 314 g/mol. The van der Waals surface area contributed by atoms with Gasteiger partial charge in [0, 0.05) is 26.2 Å². The number of carbonyl (C=O) groups excluding carboxylic acids is 1. The molecule has 0 aromatic carbocycles. The highest BCUT2D eigenvalue weighted by molar-refractivity contribution is 5.73. The molecule has 0 bridgehead atoms. The summed E-state index contributed by atoms with van der Waals surface area (Å²) < 4.78 is 11.4. The summed E-state index contributed by atoms with van der Waals surface area (Å²) in [7, 11) is 0. The van der Waals surface area contributed by atoms with Crippen LogP contribution in [0.25, 0.3) is 0 Å². The van der Waals surface area contributed by atoms with Crippen LogP contribution in [-0.2, 0) is 9.47 Å². The zero-order valence-corrected chi connectivity index (χ0v) is 14.2. The number of urea groups is 1. The Balaban J connectivity index is 1.63. The molecule has 7 heteroatoms. The predicted molar refractivity (Wildman–Crippen MR) is 84.6 cm³/mol. The van der Waals surface area contributed by atoms with Gasteiger partial charge in [-0.05, 0) is 27.7 Å². The van der Waals surface area contributed by atoms with Crippen LogP contribution < -0.4 is 10.6 Å². The Labute approximate surface area is 133 Å². The minimum absolute atomic E-state index is 0.126. The van der Waals surface area contributed by atoms with E-state index in [1.54, 1.807) is 0 Å². The van der Waals surface area contributed by atoms with Crippen molar-refractivity contribution in [1.82, 2.24) is 20.4 Å². The van der Waals surface area contributed by atoms with Crippen LogP contribution in [0, 0.1) is 0 Å². The molecule has 2 aliphatic rings. The number of amides is 2. The molecular weight excluding hydrogens is 284 g/mol. The molecule has 2 N–H and O–H groups in total. The molecule has 0 aliphatic carbocycles. The first-order valence-corrected chi connectivity index (χ1v) is 8.19. The number of ether oxygens (including phenoxy) is 2. The van der Waals surface area contributed by atoms with Crippen molar-refractivity contribution in [3.8, 4) is 0 Å². The van der Waals surface area contributed by atoms with Gasteiger partial charge in [0.05, 0.1) is 37.8 Å². The molecule has 7 nitrogen and oxygen atoms in total. The van der Waals surface area contributed by atoms with E-state index in [1.807, 2.05) is 0 Å². The Hall–Kier alpha value is -0.890. The van der Waals surface area contributed by atoms with Crippen LogP contribution in [0.1, 0.15) is 27.7 Å². The number of rotatable bonds is 4. The maximum atomic E-state index is 11.9. The molecule has 2 aliphatic heterocycles. The summed E-state index contributed by atoms with van der Waals surface area (Å²) in [5.74, 6) is 0. The van der Waals surface area contributed by atoms with Crippen molar-refractivity contribution in [3.05, 3.63) is 0 Å². The standard InChI is InChI=1S/C15H30N4O3/c1-11-5-18(6-12(2)21-11)9-16-15(20)17-10-19-7-13(3)22-14(4)8-19/h11-14H,5-10H2,1-4H3,(H2,16,17,20)/t11-,12-,13-,14+/m0/s1. The molecule has 2 rings (SSSR count). The van der Waals surface area contributed by atoms with Gasteiger partial charge < -0.3 is 20.1 Å². The van der Waals surface area contributed by atoms with E-state index in [1.165, 1.54) is 0 Å². The average molecular weight is 314 g/mol. The Morgan fingerprint density at radius 3 is 1.45 bits per heavy atom. The van der Waals surface area contributed by atoms with Crippen LogP contribution >= 0.6 is 0 Å². The fourth-order valence-corrected chi connectivity index (χ4v) is 3.26. The third kappa shape index (κ3) is 5.72. The Kier molecular flexibility index (Phi) is 6.43. The first-order valence-electron chi connectivity index (χ1n) is 8.19. The van der Waals surface area contributed by atoms with Crippen molar-refractivity contribution in [1.29, 1.82) is 0 Å². The summed E-state index contributed by atoms with van der Waals surface area (Å²) in [5.41, 5.74) is 0. The van der Waals surface area contributed by atoms with Crippen LogP contribution in [0.4, 0.5) is 4.79 Å². The smallest absolute Gasteiger partial charge is 0.316 e. The predicted octanol–water partition coefficient (Wildman–Crippen LogP) is 0.419.